The van der Waals surface area contributed by atoms with Gasteiger partial charge in [-0.25, -0.2) is 0 Å². The van der Waals surface area contributed by atoms with Crippen LogP contribution in [0.3, 0.4) is 0 Å². The maximum atomic E-state index is 5.44. The smallest absolute Gasteiger partial charge is 0.159 e. The van der Waals surface area contributed by atoms with Crippen LogP contribution in [0.15, 0.2) is 0 Å². The zero-order valence-corrected chi connectivity index (χ0v) is 10.5. The van der Waals surface area contributed by atoms with Gasteiger partial charge >= 0.3 is 0 Å². The highest BCUT2D eigenvalue weighted by Crippen LogP contribution is 2.29. The summed E-state index contributed by atoms with van der Waals surface area (Å²) in [5.41, 5.74) is 0. The van der Waals surface area contributed by atoms with Crippen LogP contribution in [0, 0.1) is 0 Å². The Morgan fingerprint density at radius 1 is 1.33 bits per heavy atom. The van der Waals surface area contributed by atoms with Gasteiger partial charge in [-0.2, -0.15) is 11.8 Å². The Kier molecular flexibility index (Phi) is 3.93. The van der Waals surface area contributed by atoms with Crippen LogP contribution >= 0.6 is 11.8 Å². The fourth-order valence-corrected chi connectivity index (χ4v) is 3.34. The number of hydrogen-bond donors (Lipinski definition) is 0. The third-order valence-corrected chi connectivity index (χ3v) is 4.17. The average molecular weight is 231 g/mol. The first-order valence-electron chi connectivity index (χ1n) is 5.75. The van der Waals surface area contributed by atoms with Crippen molar-refractivity contribution in [3.63, 3.8) is 0 Å². The lowest BCUT2D eigenvalue weighted by molar-refractivity contribution is -0.0516. The van der Waals surface area contributed by atoms with Gasteiger partial charge in [0.2, 0.25) is 0 Å². The second-order valence-electron chi connectivity index (χ2n) is 4.84. The van der Waals surface area contributed by atoms with Crippen molar-refractivity contribution in [3.8, 4) is 0 Å². The van der Waals surface area contributed by atoms with E-state index >= 15 is 0 Å². The molecule has 0 spiro atoms. The first kappa shape index (κ1) is 11.7. The zero-order chi connectivity index (χ0) is 10.7. The second kappa shape index (κ2) is 5.04. The van der Waals surface area contributed by atoms with Gasteiger partial charge < -0.3 is 14.4 Å². The van der Waals surface area contributed by atoms with Gasteiger partial charge in [0.25, 0.3) is 0 Å². The van der Waals surface area contributed by atoms with E-state index in [0.29, 0.717) is 4.75 Å². The van der Waals surface area contributed by atoms with Gasteiger partial charge in [-0.3, -0.25) is 0 Å². The van der Waals surface area contributed by atoms with Crippen molar-refractivity contribution in [1.29, 1.82) is 0 Å². The molecule has 3 nitrogen and oxygen atoms in total. The number of rotatable bonds is 3. The highest BCUT2D eigenvalue weighted by Gasteiger charge is 2.27. The molecule has 0 aromatic carbocycles. The minimum Gasteiger partial charge on any atom is -0.350 e. The van der Waals surface area contributed by atoms with Crippen LogP contribution in [0.5, 0.6) is 0 Å². The maximum absolute atomic E-state index is 5.44. The highest BCUT2D eigenvalue weighted by molar-refractivity contribution is 8.00. The lowest BCUT2D eigenvalue weighted by atomic mass is 10.2. The normalized spacial score (nSPS) is 28.4. The molecule has 0 N–H and O–H groups in total. The quantitative estimate of drug-likeness (QED) is 0.735. The number of thioether (sulfide) groups is 1. The summed E-state index contributed by atoms with van der Waals surface area (Å²) in [4.78, 5) is 2.53. The van der Waals surface area contributed by atoms with Crippen molar-refractivity contribution >= 4 is 11.8 Å². The Balaban J connectivity index is 1.69. The van der Waals surface area contributed by atoms with Crippen molar-refractivity contribution in [2.45, 2.75) is 31.3 Å². The van der Waals surface area contributed by atoms with E-state index in [1.165, 1.54) is 18.8 Å². The first-order chi connectivity index (χ1) is 7.16. The van der Waals surface area contributed by atoms with Gasteiger partial charge in [-0.1, -0.05) is 0 Å². The molecule has 2 aliphatic heterocycles. The molecule has 0 aromatic heterocycles. The maximum Gasteiger partial charge on any atom is 0.159 e. The molecular weight excluding hydrogens is 210 g/mol. The molecule has 0 atom stereocenters. The van der Waals surface area contributed by atoms with Crippen LogP contribution in [0.1, 0.15) is 20.3 Å². The SMILES string of the molecule is CC1(C)CN(CCC2OCCO2)CCS1. The molecule has 4 heteroatoms. The lowest BCUT2D eigenvalue weighted by Crippen LogP contribution is -2.44. The average Bonchev–Trinajstić information content (AvgIpc) is 2.65. The topological polar surface area (TPSA) is 21.7 Å². The van der Waals surface area contributed by atoms with Crippen molar-refractivity contribution in [3.05, 3.63) is 0 Å². The molecule has 2 fully saturated rings. The molecule has 0 saturated carbocycles. The van der Waals surface area contributed by atoms with E-state index < -0.39 is 0 Å². The minimum atomic E-state index is 0.0580. The summed E-state index contributed by atoms with van der Waals surface area (Å²) in [6.07, 6.45) is 1.07. The lowest BCUT2D eigenvalue weighted by Gasteiger charge is -2.37. The van der Waals surface area contributed by atoms with Crippen molar-refractivity contribution < 1.29 is 9.47 Å². The highest BCUT2D eigenvalue weighted by atomic mass is 32.2. The third-order valence-electron chi connectivity index (χ3n) is 2.88. The largest absolute Gasteiger partial charge is 0.350 e. The molecular formula is C11H21NO2S. The third kappa shape index (κ3) is 3.63. The van der Waals surface area contributed by atoms with Gasteiger partial charge in [-0.15, -0.1) is 0 Å². The van der Waals surface area contributed by atoms with Crippen molar-refractivity contribution in [2.24, 2.45) is 0 Å². The van der Waals surface area contributed by atoms with E-state index in [0.717, 1.165) is 26.2 Å². The second-order valence-corrected chi connectivity index (χ2v) is 6.65. The van der Waals surface area contributed by atoms with E-state index in [2.05, 4.69) is 30.5 Å². The Bertz CT molecular complexity index is 205. The fourth-order valence-electron chi connectivity index (χ4n) is 2.17. The summed E-state index contributed by atoms with van der Waals surface area (Å²) in [6.45, 7) is 9.69. The predicted molar refractivity (Wildman–Crippen MR) is 63.3 cm³/mol. The predicted octanol–water partition coefficient (Wildman–Crippen LogP) is 1.58. The van der Waals surface area contributed by atoms with Crippen LogP contribution in [0.25, 0.3) is 0 Å². The molecule has 2 saturated heterocycles. The van der Waals surface area contributed by atoms with Crippen LogP contribution in [0.4, 0.5) is 0 Å². The first-order valence-corrected chi connectivity index (χ1v) is 6.74. The van der Waals surface area contributed by atoms with Crippen LogP contribution in [-0.4, -0.2) is 54.5 Å². The summed E-state index contributed by atoms with van der Waals surface area (Å²) in [5, 5.41) is 0. The van der Waals surface area contributed by atoms with Crippen LogP contribution in [-0.2, 0) is 9.47 Å². The zero-order valence-electron chi connectivity index (χ0n) is 9.70. The monoisotopic (exact) mass is 231 g/mol. The molecule has 0 radical (unpaired) electrons. The Morgan fingerprint density at radius 3 is 2.73 bits per heavy atom. The Morgan fingerprint density at radius 2 is 2.07 bits per heavy atom. The van der Waals surface area contributed by atoms with Gasteiger partial charge in [0, 0.05) is 36.6 Å². The van der Waals surface area contributed by atoms with E-state index in [-0.39, 0.29) is 6.29 Å². The molecule has 0 unspecified atom stereocenters. The molecule has 15 heavy (non-hydrogen) atoms. The Labute approximate surface area is 96.5 Å². The fraction of sp³-hybridized carbons (Fsp3) is 1.00. The van der Waals surface area contributed by atoms with Crippen molar-refractivity contribution in [2.75, 3.05) is 38.6 Å². The molecule has 2 heterocycles. The molecule has 0 aromatic rings. The molecule has 2 aliphatic rings. The summed E-state index contributed by atoms with van der Waals surface area (Å²) in [7, 11) is 0. The van der Waals surface area contributed by atoms with Gasteiger partial charge in [0.05, 0.1) is 13.2 Å². The summed E-state index contributed by atoms with van der Waals surface area (Å²) < 4.78 is 11.3. The van der Waals surface area contributed by atoms with E-state index in [4.69, 9.17) is 9.47 Å². The molecule has 2 rings (SSSR count). The van der Waals surface area contributed by atoms with Crippen LogP contribution < -0.4 is 0 Å². The van der Waals surface area contributed by atoms with Gasteiger partial charge in [0.1, 0.15) is 0 Å². The number of hydrogen-bond acceptors (Lipinski definition) is 4. The molecule has 0 bridgehead atoms. The number of nitrogens with zero attached hydrogens (tertiary/aromatic N) is 1. The molecule has 88 valence electrons. The summed E-state index contributed by atoms with van der Waals surface area (Å²) >= 11 is 2.08. The standard InChI is InChI=1S/C11H21NO2S/c1-11(2)9-12(5-8-15-11)4-3-10-13-6-7-14-10/h10H,3-9H2,1-2H3. The van der Waals surface area contributed by atoms with E-state index in [1.807, 2.05) is 0 Å². The molecule has 0 amide bonds. The van der Waals surface area contributed by atoms with Gasteiger partial charge in [0.15, 0.2) is 6.29 Å². The number of ether oxygens (including phenoxy) is 2. The summed E-state index contributed by atoms with van der Waals surface area (Å²) in [5.74, 6) is 1.25. The van der Waals surface area contributed by atoms with E-state index in [1.54, 1.807) is 0 Å². The minimum absolute atomic E-state index is 0.0580. The molecule has 0 aliphatic carbocycles. The van der Waals surface area contributed by atoms with Crippen molar-refractivity contribution in [1.82, 2.24) is 4.90 Å². The van der Waals surface area contributed by atoms with Crippen LogP contribution in [0.2, 0.25) is 0 Å². The van der Waals surface area contributed by atoms with E-state index in [9.17, 15) is 0 Å². The Hall–Kier alpha value is 0.230. The summed E-state index contributed by atoms with van der Waals surface area (Å²) in [6, 6.07) is 0. The van der Waals surface area contributed by atoms with Gasteiger partial charge in [-0.05, 0) is 13.8 Å².